The van der Waals surface area contributed by atoms with Gasteiger partial charge in [0.1, 0.15) is 10.7 Å². The Morgan fingerprint density at radius 2 is 1.70 bits per heavy atom. The van der Waals surface area contributed by atoms with Crippen molar-refractivity contribution < 1.29 is 31.2 Å². The minimum Gasteiger partial charge on any atom is -0.478 e. The van der Waals surface area contributed by atoms with Gasteiger partial charge in [-0.3, -0.25) is 0 Å². The molecule has 158 valence electrons. The number of anilines is 1. The average molecular weight is 471 g/mol. The molecule has 12 heteroatoms. The van der Waals surface area contributed by atoms with Gasteiger partial charge in [-0.2, -0.15) is 0 Å². The molecular weight excluding hydrogens is 456 g/mol. The molecule has 1 heterocycles. The van der Waals surface area contributed by atoms with Crippen molar-refractivity contribution in [1.29, 1.82) is 0 Å². The predicted molar refractivity (Wildman–Crippen MR) is 108 cm³/mol. The van der Waals surface area contributed by atoms with Crippen molar-refractivity contribution in [2.75, 3.05) is 5.32 Å². The molecule has 0 aliphatic carbocycles. The lowest BCUT2D eigenvalue weighted by Gasteiger charge is -2.14. The van der Waals surface area contributed by atoms with Gasteiger partial charge in [0, 0.05) is 0 Å². The molecule has 3 aromatic rings. The Morgan fingerprint density at radius 1 is 1.00 bits per heavy atom. The van der Waals surface area contributed by atoms with Crippen molar-refractivity contribution in [3.63, 3.8) is 0 Å². The Balaban J connectivity index is 1.96. The molecule has 0 saturated carbocycles. The van der Waals surface area contributed by atoms with Crippen LogP contribution in [0.2, 0.25) is 5.02 Å². The third-order valence-electron chi connectivity index (χ3n) is 3.90. The lowest BCUT2D eigenvalue weighted by molar-refractivity contribution is 0.0697. The highest BCUT2D eigenvalue weighted by atomic mass is 35.5. The molecule has 0 fully saturated rings. The van der Waals surface area contributed by atoms with E-state index in [0.717, 1.165) is 12.1 Å². The summed E-state index contributed by atoms with van der Waals surface area (Å²) < 4.78 is 56.8. The SMILES string of the molecule is O=C(O)c1cc(S(=O)(=O)NS(=O)(=O)c2ccccc2)c(Cl)cc1NCc1ccco1. The van der Waals surface area contributed by atoms with Crippen LogP contribution in [0.3, 0.4) is 0 Å². The fraction of sp³-hybridized carbons (Fsp3) is 0.0556. The van der Waals surface area contributed by atoms with Gasteiger partial charge < -0.3 is 14.8 Å². The van der Waals surface area contributed by atoms with E-state index in [-0.39, 0.29) is 22.2 Å². The summed E-state index contributed by atoms with van der Waals surface area (Å²) in [7, 11) is -9.15. The number of sulfonamides is 2. The van der Waals surface area contributed by atoms with E-state index >= 15 is 0 Å². The summed E-state index contributed by atoms with van der Waals surface area (Å²) in [5.74, 6) is -0.925. The molecule has 0 radical (unpaired) electrons. The molecule has 1 aromatic heterocycles. The van der Waals surface area contributed by atoms with E-state index in [1.807, 2.05) is 0 Å². The zero-order chi connectivity index (χ0) is 21.9. The van der Waals surface area contributed by atoms with Gasteiger partial charge in [-0.1, -0.05) is 29.8 Å². The topological polar surface area (TPSA) is 143 Å². The van der Waals surface area contributed by atoms with E-state index < -0.39 is 36.5 Å². The number of benzene rings is 2. The zero-order valence-corrected chi connectivity index (χ0v) is 17.5. The molecule has 0 bridgehead atoms. The van der Waals surface area contributed by atoms with Crippen LogP contribution < -0.4 is 9.44 Å². The fourth-order valence-electron chi connectivity index (χ4n) is 2.52. The molecule has 0 aliphatic heterocycles. The third-order valence-corrected chi connectivity index (χ3v) is 7.89. The van der Waals surface area contributed by atoms with Crippen molar-refractivity contribution in [1.82, 2.24) is 4.13 Å². The second-order valence-corrected chi connectivity index (χ2v) is 9.97. The van der Waals surface area contributed by atoms with Crippen LogP contribution in [0.5, 0.6) is 0 Å². The molecule has 3 N–H and O–H groups in total. The van der Waals surface area contributed by atoms with Gasteiger partial charge in [-0.05, 0) is 36.4 Å². The molecular formula is C18H15ClN2O7S2. The van der Waals surface area contributed by atoms with E-state index in [0.29, 0.717) is 5.76 Å². The Hall–Kier alpha value is -2.86. The maximum absolute atomic E-state index is 12.7. The van der Waals surface area contributed by atoms with Crippen molar-refractivity contribution in [3.8, 4) is 0 Å². The number of hydrogen-bond acceptors (Lipinski definition) is 7. The van der Waals surface area contributed by atoms with Gasteiger partial charge in [0.25, 0.3) is 20.0 Å². The number of halogens is 1. The summed E-state index contributed by atoms with van der Waals surface area (Å²) in [6.07, 6.45) is 1.44. The normalized spacial score (nSPS) is 11.9. The molecule has 30 heavy (non-hydrogen) atoms. The predicted octanol–water partition coefficient (Wildman–Crippen LogP) is 2.91. The van der Waals surface area contributed by atoms with Crippen LogP contribution in [0.1, 0.15) is 16.1 Å². The van der Waals surface area contributed by atoms with Crippen LogP contribution in [-0.4, -0.2) is 27.9 Å². The van der Waals surface area contributed by atoms with E-state index in [2.05, 4.69) is 5.32 Å². The number of carbonyl (C=O) groups is 1. The molecule has 0 atom stereocenters. The second-order valence-electron chi connectivity index (χ2n) is 5.97. The minimum atomic E-state index is -4.71. The highest BCUT2D eigenvalue weighted by molar-refractivity contribution is 8.04. The number of aromatic carboxylic acids is 1. The summed E-state index contributed by atoms with van der Waals surface area (Å²) in [6, 6.07) is 12.0. The molecule has 2 aromatic carbocycles. The Kier molecular flexibility index (Phi) is 6.17. The first-order valence-electron chi connectivity index (χ1n) is 8.27. The lowest BCUT2D eigenvalue weighted by atomic mass is 10.1. The maximum atomic E-state index is 12.7. The van der Waals surface area contributed by atoms with Gasteiger partial charge in [0.2, 0.25) is 0 Å². The van der Waals surface area contributed by atoms with E-state index in [1.54, 1.807) is 22.3 Å². The van der Waals surface area contributed by atoms with Crippen molar-refractivity contribution in [2.24, 2.45) is 0 Å². The van der Waals surface area contributed by atoms with Crippen LogP contribution in [0.25, 0.3) is 0 Å². The fourth-order valence-corrected chi connectivity index (χ4v) is 5.99. The highest BCUT2D eigenvalue weighted by Crippen LogP contribution is 2.30. The Morgan fingerprint density at radius 3 is 2.30 bits per heavy atom. The Labute approximate surface area is 177 Å². The first-order valence-corrected chi connectivity index (χ1v) is 11.6. The van der Waals surface area contributed by atoms with Gasteiger partial charge in [-0.25, -0.2) is 21.6 Å². The first-order chi connectivity index (χ1) is 14.1. The smallest absolute Gasteiger partial charge is 0.337 e. The number of hydrogen-bond donors (Lipinski definition) is 3. The number of rotatable bonds is 8. The van der Waals surface area contributed by atoms with Crippen molar-refractivity contribution in [2.45, 2.75) is 16.3 Å². The minimum absolute atomic E-state index is 0.0359. The van der Waals surface area contributed by atoms with E-state index in [4.69, 9.17) is 16.0 Å². The monoisotopic (exact) mass is 470 g/mol. The maximum Gasteiger partial charge on any atom is 0.337 e. The zero-order valence-electron chi connectivity index (χ0n) is 15.1. The summed E-state index contributed by atoms with van der Waals surface area (Å²) in [4.78, 5) is 10.7. The van der Waals surface area contributed by atoms with E-state index in [9.17, 15) is 26.7 Å². The summed E-state index contributed by atoms with van der Waals surface area (Å²) in [6.45, 7) is 0.121. The molecule has 9 nitrogen and oxygen atoms in total. The summed E-state index contributed by atoms with van der Waals surface area (Å²) in [5.41, 5.74) is -0.378. The molecule has 0 unspecified atom stereocenters. The number of carboxylic acid groups (broad SMARTS) is 1. The summed E-state index contributed by atoms with van der Waals surface area (Å²) >= 11 is 6.06. The average Bonchev–Trinajstić information content (AvgIpc) is 3.19. The standard InChI is InChI=1S/C18H15ClN2O7S2/c19-15-10-16(20-11-12-5-4-8-28-12)14(18(22)23)9-17(15)30(26,27)21-29(24,25)13-6-2-1-3-7-13/h1-10,20-21H,11H2,(H,22,23). The molecule has 0 amide bonds. The first kappa shape index (κ1) is 21.8. The molecule has 3 rings (SSSR count). The number of furan rings is 1. The molecule has 0 spiro atoms. The number of nitrogens with one attached hydrogen (secondary N) is 2. The van der Waals surface area contributed by atoms with Gasteiger partial charge in [0.05, 0.1) is 34.0 Å². The van der Waals surface area contributed by atoms with Crippen molar-refractivity contribution >= 4 is 43.3 Å². The van der Waals surface area contributed by atoms with Crippen LogP contribution in [0.4, 0.5) is 5.69 Å². The van der Waals surface area contributed by atoms with Gasteiger partial charge >= 0.3 is 5.97 Å². The van der Waals surface area contributed by atoms with Crippen LogP contribution in [0.15, 0.2) is 75.1 Å². The Bertz CT molecular complexity index is 1270. The van der Waals surface area contributed by atoms with Gasteiger partial charge in [-0.15, -0.1) is 4.13 Å². The quantitative estimate of drug-likeness (QED) is 0.456. The molecule has 0 aliphatic rings. The second kappa shape index (κ2) is 8.48. The van der Waals surface area contributed by atoms with Crippen LogP contribution in [-0.2, 0) is 26.6 Å². The van der Waals surface area contributed by atoms with E-state index in [1.165, 1.54) is 30.5 Å². The van der Waals surface area contributed by atoms with Gasteiger partial charge in [0.15, 0.2) is 0 Å². The third kappa shape index (κ3) is 4.82. The number of carboxylic acids is 1. The van der Waals surface area contributed by atoms with Crippen LogP contribution in [0, 0.1) is 0 Å². The summed E-state index contributed by atoms with van der Waals surface area (Å²) in [5, 5.41) is 11.9. The van der Waals surface area contributed by atoms with Crippen molar-refractivity contribution in [3.05, 3.63) is 77.2 Å². The molecule has 0 saturated heterocycles. The largest absolute Gasteiger partial charge is 0.478 e. The van der Waals surface area contributed by atoms with Crippen LogP contribution >= 0.6 is 11.6 Å². The highest BCUT2D eigenvalue weighted by Gasteiger charge is 2.28. The lowest BCUT2D eigenvalue weighted by Crippen LogP contribution is -2.31.